The van der Waals surface area contributed by atoms with Crippen molar-refractivity contribution in [3.8, 4) is 5.75 Å². The Bertz CT molecular complexity index is 434. The van der Waals surface area contributed by atoms with Crippen LogP contribution in [0.4, 0.5) is 5.69 Å². The van der Waals surface area contributed by atoms with E-state index in [-0.39, 0.29) is 24.6 Å². The molecular weight excluding hydrogens is 240 g/mol. The molecule has 0 atom stereocenters. The lowest BCUT2D eigenvalue weighted by atomic mass is 10.2. The summed E-state index contributed by atoms with van der Waals surface area (Å²) in [7, 11) is 0. The molecule has 1 aromatic carbocycles. The maximum absolute atomic E-state index is 12.2. The molecule has 0 heterocycles. The number of hydrogen-bond acceptors (Lipinski definition) is 3. The van der Waals surface area contributed by atoms with Gasteiger partial charge < -0.3 is 15.4 Å². The maximum atomic E-state index is 12.2. The van der Waals surface area contributed by atoms with Gasteiger partial charge in [-0.25, -0.2) is 0 Å². The minimum Gasteiger partial charge on any atom is -0.483 e. The van der Waals surface area contributed by atoms with Gasteiger partial charge in [-0.3, -0.25) is 4.79 Å². The molecule has 106 valence electrons. The van der Waals surface area contributed by atoms with E-state index in [9.17, 15) is 4.79 Å². The molecule has 0 spiro atoms. The van der Waals surface area contributed by atoms with Crippen molar-refractivity contribution in [2.75, 3.05) is 12.3 Å². The van der Waals surface area contributed by atoms with E-state index in [1.807, 2.05) is 45.6 Å². The Labute approximate surface area is 115 Å². The Morgan fingerprint density at radius 1 is 1.26 bits per heavy atom. The normalized spacial score (nSPS) is 10.9. The second-order valence-electron chi connectivity index (χ2n) is 5.30. The van der Waals surface area contributed by atoms with Gasteiger partial charge in [0.2, 0.25) is 0 Å². The number of aryl methyl sites for hydroxylation is 1. The summed E-state index contributed by atoms with van der Waals surface area (Å²) in [5, 5.41) is 0. The number of carbonyl (C=O) groups excluding carboxylic acids is 1. The van der Waals surface area contributed by atoms with Gasteiger partial charge in [0.1, 0.15) is 5.75 Å². The third kappa shape index (κ3) is 4.16. The predicted octanol–water partition coefficient (Wildman–Crippen LogP) is 2.60. The van der Waals surface area contributed by atoms with Crippen molar-refractivity contribution < 1.29 is 9.53 Å². The molecule has 0 radical (unpaired) electrons. The van der Waals surface area contributed by atoms with Gasteiger partial charge in [-0.15, -0.1) is 0 Å². The van der Waals surface area contributed by atoms with Gasteiger partial charge in [-0.05, 0) is 58.4 Å². The van der Waals surface area contributed by atoms with Crippen LogP contribution in [0.25, 0.3) is 0 Å². The molecule has 0 aliphatic rings. The lowest BCUT2D eigenvalue weighted by molar-refractivity contribution is -0.136. The molecule has 0 unspecified atom stereocenters. The SMILES string of the molecule is Cc1cc(N)ccc1OCC(=O)N(C(C)C)C(C)C. The number of nitrogens with zero attached hydrogens (tertiary/aromatic N) is 1. The summed E-state index contributed by atoms with van der Waals surface area (Å²) in [6.07, 6.45) is 0. The molecule has 0 saturated heterocycles. The van der Waals surface area contributed by atoms with E-state index >= 15 is 0 Å². The smallest absolute Gasteiger partial charge is 0.260 e. The van der Waals surface area contributed by atoms with Crippen LogP contribution in [-0.4, -0.2) is 29.5 Å². The first-order valence-electron chi connectivity index (χ1n) is 6.63. The fourth-order valence-corrected chi connectivity index (χ4v) is 2.22. The highest BCUT2D eigenvalue weighted by Gasteiger charge is 2.20. The average molecular weight is 264 g/mol. The molecule has 0 bridgehead atoms. The van der Waals surface area contributed by atoms with Gasteiger partial charge in [-0.1, -0.05) is 0 Å². The standard InChI is InChI=1S/C15H24N2O2/c1-10(2)17(11(3)4)15(18)9-19-14-7-6-13(16)8-12(14)5/h6-8,10-11H,9,16H2,1-5H3. The lowest BCUT2D eigenvalue weighted by Crippen LogP contribution is -2.44. The van der Waals surface area contributed by atoms with Crippen LogP contribution in [0, 0.1) is 6.92 Å². The van der Waals surface area contributed by atoms with Crippen LogP contribution in [0.3, 0.4) is 0 Å². The summed E-state index contributed by atoms with van der Waals surface area (Å²) in [5.41, 5.74) is 7.32. The summed E-state index contributed by atoms with van der Waals surface area (Å²) in [4.78, 5) is 14.0. The van der Waals surface area contributed by atoms with Crippen LogP contribution >= 0.6 is 0 Å². The first-order chi connectivity index (χ1) is 8.82. The fourth-order valence-electron chi connectivity index (χ4n) is 2.22. The number of nitrogen functional groups attached to an aromatic ring is 1. The predicted molar refractivity (Wildman–Crippen MR) is 78.2 cm³/mol. The molecule has 2 N–H and O–H groups in total. The number of benzene rings is 1. The first-order valence-corrected chi connectivity index (χ1v) is 6.63. The van der Waals surface area contributed by atoms with E-state index in [0.29, 0.717) is 11.4 Å². The Morgan fingerprint density at radius 3 is 2.32 bits per heavy atom. The van der Waals surface area contributed by atoms with E-state index in [1.165, 1.54) is 0 Å². The molecule has 0 saturated carbocycles. The van der Waals surface area contributed by atoms with Crippen molar-refractivity contribution in [3.05, 3.63) is 23.8 Å². The zero-order valence-corrected chi connectivity index (χ0v) is 12.4. The Hall–Kier alpha value is -1.71. The van der Waals surface area contributed by atoms with Crippen LogP contribution in [0.5, 0.6) is 5.75 Å². The molecule has 0 aliphatic heterocycles. The van der Waals surface area contributed by atoms with E-state index in [4.69, 9.17) is 10.5 Å². The second-order valence-corrected chi connectivity index (χ2v) is 5.30. The van der Waals surface area contributed by atoms with E-state index in [1.54, 1.807) is 12.1 Å². The third-order valence-electron chi connectivity index (χ3n) is 2.95. The van der Waals surface area contributed by atoms with E-state index in [0.717, 1.165) is 5.56 Å². The molecule has 0 aromatic heterocycles. The highest BCUT2D eigenvalue weighted by molar-refractivity contribution is 5.78. The highest BCUT2D eigenvalue weighted by atomic mass is 16.5. The van der Waals surface area contributed by atoms with Crippen LogP contribution in [0.1, 0.15) is 33.3 Å². The average Bonchev–Trinajstić information content (AvgIpc) is 2.26. The van der Waals surface area contributed by atoms with Gasteiger partial charge in [0.05, 0.1) is 0 Å². The van der Waals surface area contributed by atoms with Gasteiger partial charge in [0, 0.05) is 17.8 Å². The fraction of sp³-hybridized carbons (Fsp3) is 0.533. The minimum absolute atomic E-state index is 0.00113. The van der Waals surface area contributed by atoms with Gasteiger partial charge in [-0.2, -0.15) is 0 Å². The quantitative estimate of drug-likeness (QED) is 0.832. The number of amides is 1. The molecule has 1 rings (SSSR count). The van der Waals surface area contributed by atoms with Gasteiger partial charge in [0.25, 0.3) is 5.91 Å². The zero-order valence-electron chi connectivity index (χ0n) is 12.4. The van der Waals surface area contributed by atoms with Crippen LogP contribution in [0.2, 0.25) is 0 Å². The monoisotopic (exact) mass is 264 g/mol. The first kappa shape index (κ1) is 15.3. The summed E-state index contributed by atoms with van der Waals surface area (Å²) < 4.78 is 5.59. The minimum atomic E-state index is 0.00113. The number of anilines is 1. The molecule has 0 fully saturated rings. The largest absolute Gasteiger partial charge is 0.483 e. The number of hydrogen-bond donors (Lipinski definition) is 1. The Kier molecular flexibility index (Phi) is 5.21. The number of rotatable bonds is 5. The molecule has 1 aromatic rings. The molecule has 19 heavy (non-hydrogen) atoms. The summed E-state index contributed by atoms with van der Waals surface area (Å²) in [5.74, 6) is 0.705. The molecular formula is C15H24N2O2. The topological polar surface area (TPSA) is 55.6 Å². The lowest BCUT2D eigenvalue weighted by Gasteiger charge is -2.30. The third-order valence-corrected chi connectivity index (χ3v) is 2.95. The van der Waals surface area contributed by atoms with Crippen LogP contribution < -0.4 is 10.5 Å². The van der Waals surface area contributed by atoms with Gasteiger partial charge >= 0.3 is 0 Å². The van der Waals surface area contributed by atoms with E-state index in [2.05, 4.69) is 0 Å². The Balaban J connectivity index is 2.67. The number of nitrogens with two attached hydrogens (primary N) is 1. The Morgan fingerprint density at radius 2 is 1.84 bits per heavy atom. The number of ether oxygens (including phenoxy) is 1. The number of carbonyl (C=O) groups is 1. The molecule has 4 heteroatoms. The summed E-state index contributed by atoms with van der Waals surface area (Å²) >= 11 is 0. The highest BCUT2D eigenvalue weighted by Crippen LogP contribution is 2.20. The molecule has 4 nitrogen and oxygen atoms in total. The van der Waals surface area contributed by atoms with Crippen molar-refractivity contribution >= 4 is 11.6 Å². The molecule has 1 amide bonds. The van der Waals surface area contributed by atoms with Gasteiger partial charge in [0.15, 0.2) is 6.61 Å². The van der Waals surface area contributed by atoms with Crippen molar-refractivity contribution in [1.82, 2.24) is 4.90 Å². The van der Waals surface area contributed by atoms with Crippen LogP contribution in [0.15, 0.2) is 18.2 Å². The van der Waals surface area contributed by atoms with Crippen molar-refractivity contribution in [2.24, 2.45) is 0 Å². The summed E-state index contributed by atoms with van der Waals surface area (Å²) in [6.45, 7) is 10.00. The van der Waals surface area contributed by atoms with Crippen LogP contribution in [-0.2, 0) is 4.79 Å². The summed E-state index contributed by atoms with van der Waals surface area (Å²) in [6, 6.07) is 5.75. The van der Waals surface area contributed by atoms with Crippen molar-refractivity contribution in [2.45, 2.75) is 46.7 Å². The van der Waals surface area contributed by atoms with E-state index < -0.39 is 0 Å². The van der Waals surface area contributed by atoms with Crippen molar-refractivity contribution in [1.29, 1.82) is 0 Å². The maximum Gasteiger partial charge on any atom is 0.260 e. The molecule has 0 aliphatic carbocycles. The zero-order chi connectivity index (χ0) is 14.6. The van der Waals surface area contributed by atoms with Crippen molar-refractivity contribution in [3.63, 3.8) is 0 Å². The second kappa shape index (κ2) is 6.45.